The summed E-state index contributed by atoms with van der Waals surface area (Å²) in [5.41, 5.74) is 2.66. The van der Waals surface area contributed by atoms with Gasteiger partial charge in [0.15, 0.2) is 0 Å². The van der Waals surface area contributed by atoms with E-state index in [2.05, 4.69) is 43.4 Å². The van der Waals surface area contributed by atoms with E-state index < -0.39 is 10.8 Å². The molecule has 3 atom stereocenters. The first-order valence-corrected chi connectivity index (χ1v) is 7.87. The molecule has 94 valence electrons. The van der Waals surface area contributed by atoms with Crippen LogP contribution >= 0.6 is 0 Å². The van der Waals surface area contributed by atoms with E-state index in [1.165, 1.54) is 17.5 Å². The molecule has 0 aliphatic carbocycles. The summed E-state index contributed by atoms with van der Waals surface area (Å²) in [7, 11) is -0.672. The quantitative estimate of drug-likeness (QED) is 0.894. The molecule has 2 nitrogen and oxygen atoms in total. The zero-order chi connectivity index (χ0) is 12.3. The molecule has 1 aliphatic rings. The van der Waals surface area contributed by atoms with Crippen LogP contribution in [-0.2, 0) is 17.2 Å². The maximum atomic E-state index is 11.7. The van der Waals surface area contributed by atoms with Gasteiger partial charge in [0.1, 0.15) is 0 Å². The number of aryl methyl sites for hydroxylation is 1. The third-order valence-electron chi connectivity index (χ3n) is 3.19. The van der Waals surface area contributed by atoms with Crippen molar-refractivity contribution in [2.24, 2.45) is 0 Å². The molecule has 0 bridgehead atoms. The van der Waals surface area contributed by atoms with Crippen molar-refractivity contribution in [1.82, 2.24) is 5.32 Å². The summed E-state index contributed by atoms with van der Waals surface area (Å²) < 4.78 is 11.7. The third kappa shape index (κ3) is 3.39. The van der Waals surface area contributed by atoms with Crippen molar-refractivity contribution in [1.29, 1.82) is 0 Å². The Hall–Kier alpha value is -0.670. The Bertz CT molecular complexity index is 388. The predicted octanol–water partition coefficient (Wildman–Crippen LogP) is 2.42. The lowest BCUT2D eigenvalue weighted by Crippen LogP contribution is -2.43. The van der Waals surface area contributed by atoms with Crippen molar-refractivity contribution in [2.45, 2.75) is 38.8 Å². The number of nitrogens with one attached hydrogen (secondary N) is 1. The van der Waals surface area contributed by atoms with Gasteiger partial charge >= 0.3 is 0 Å². The molecular formula is C14H21NOS. The summed E-state index contributed by atoms with van der Waals surface area (Å²) in [5.74, 6) is 1.53. The van der Waals surface area contributed by atoms with E-state index in [1.54, 1.807) is 0 Å². The second kappa shape index (κ2) is 5.78. The number of hydrogen-bond acceptors (Lipinski definition) is 2. The maximum Gasteiger partial charge on any atom is 0.0439 e. The number of benzene rings is 1. The highest BCUT2D eigenvalue weighted by Crippen LogP contribution is 2.20. The van der Waals surface area contributed by atoms with E-state index >= 15 is 0 Å². The molecule has 0 aromatic heterocycles. The molecule has 1 fully saturated rings. The molecule has 1 N–H and O–H groups in total. The smallest absolute Gasteiger partial charge is 0.0439 e. The molecule has 0 saturated carbocycles. The second-order valence-corrected chi connectivity index (χ2v) is 6.43. The summed E-state index contributed by atoms with van der Waals surface area (Å²) in [6.45, 7) is 4.30. The Morgan fingerprint density at radius 2 is 2.00 bits per heavy atom. The molecule has 1 saturated heterocycles. The molecule has 1 aromatic carbocycles. The molecule has 3 heteroatoms. The summed E-state index contributed by atoms with van der Waals surface area (Å²) in [5, 5.41) is 3.52. The molecule has 2 rings (SSSR count). The molecule has 0 amide bonds. The molecule has 1 aromatic rings. The summed E-state index contributed by atoms with van der Waals surface area (Å²) in [4.78, 5) is 0. The van der Waals surface area contributed by atoms with Gasteiger partial charge in [0.25, 0.3) is 0 Å². The summed E-state index contributed by atoms with van der Waals surface area (Å²) >= 11 is 0. The van der Waals surface area contributed by atoms with Crippen LogP contribution in [0.3, 0.4) is 0 Å². The zero-order valence-electron chi connectivity index (χ0n) is 10.6. The van der Waals surface area contributed by atoms with Crippen LogP contribution in [0.25, 0.3) is 0 Å². The van der Waals surface area contributed by atoms with Crippen molar-refractivity contribution >= 4 is 10.8 Å². The Morgan fingerprint density at radius 1 is 1.29 bits per heavy atom. The first kappa shape index (κ1) is 12.8. The fourth-order valence-corrected chi connectivity index (χ4v) is 3.82. The topological polar surface area (TPSA) is 29.1 Å². The van der Waals surface area contributed by atoms with Crippen molar-refractivity contribution in [3.8, 4) is 0 Å². The van der Waals surface area contributed by atoms with Crippen LogP contribution in [-0.4, -0.2) is 21.8 Å². The van der Waals surface area contributed by atoms with Crippen LogP contribution < -0.4 is 5.32 Å². The lowest BCUT2D eigenvalue weighted by molar-refractivity contribution is 0.489. The highest BCUT2D eigenvalue weighted by Gasteiger charge is 2.23. The lowest BCUT2D eigenvalue weighted by Gasteiger charge is -2.28. The molecule has 0 radical (unpaired) electrons. The molecule has 3 unspecified atom stereocenters. The van der Waals surface area contributed by atoms with Gasteiger partial charge in [-0.2, -0.15) is 0 Å². The van der Waals surface area contributed by atoms with Crippen LogP contribution in [0.4, 0.5) is 0 Å². The fourth-order valence-electron chi connectivity index (χ4n) is 2.37. The van der Waals surface area contributed by atoms with Crippen molar-refractivity contribution < 1.29 is 4.21 Å². The molecular weight excluding hydrogens is 230 g/mol. The standard InChI is InChI=1S/C14H21NOS/c1-3-4-12-5-7-13(8-6-12)14-10-17(16)9-11(2)15-14/h5-8,11,14-15H,3-4,9-10H2,1-2H3. The van der Waals surface area contributed by atoms with Crippen LogP contribution in [0.5, 0.6) is 0 Å². The minimum atomic E-state index is -0.672. The minimum Gasteiger partial charge on any atom is -0.306 e. The summed E-state index contributed by atoms with van der Waals surface area (Å²) in [6.07, 6.45) is 2.32. The van der Waals surface area contributed by atoms with E-state index in [0.29, 0.717) is 6.04 Å². The van der Waals surface area contributed by atoms with Crippen LogP contribution in [0, 0.1) is 0 Å². The van der Waals surface area contributed by atoms with Gasteiger partial charge in [0.05, 0.1) is 0 Å². The third-order valence-corrected chi connectivity index (χ3v) is 4.77. The maximum absolute atomic E-state index is 11.7. The van der Waals surface area contributed by atoms with Gasteiger partial charge in [-0.3, -0.25) is 4.21 Å². The minimum absolute atomic E-state index is 0.259. The Kier molecular flexibility index (Phi) is 4.35. The van der Waals surface area contributed by atoms with E-state index in [9.17, 15) is 4.21 Å². The van der Waals surface area contributed by atoms with Crippen molar-refractivity contribution in [3.05, 3.63) is 35.4 Å². The largest absolute Gasteiger partial charge is 0.306 e. The molecule has 0 spiro atoms. The van der Waals surface area contributed by atoms with E-state index in [0.717, 1.165) is 17.9 Å². The highest BCUT2D eigenvalue weighted by atomic mass is 32.2. The van der Waals surface area contributed by atoms with Gasteiger partial charge in [-0.05, 0) is 24.5 Å². The lowest BCUT2D eigenvalue weighted by atomic mass is 10.0. The van der Waals surface area contributed by atoms with Gasteiger partial charge in [0.2, 0.25) is 0 Å². The van der Waals surface area contributed by atoms with E-state index in [-0.39, 0.29) is 6.04 Å². The Labute approximate surface area is 106 Å². The predicted molar refractivity (Wildman–Crippen MR) is 73.7 cm³/mol. The number of rotatable bonds is 3. The highest BCUT2D eigenvalue weighted by molar-refractivity contribution is 7.85. The second-order valence-electron chi connectivity index (χ2n) is 4.89. The van der Waals surface area contributed by atoms with Gasteiger partial charge < -0.3 is 5.32 Å². The van der Waals surface area contributed by atoms with Crippen molar-refractivity contribution in [3.63, 3.8) is 0 Å². The van der Waals surface area contributed by atoms with Gasteiger partial charge in [-0.1, -0.05) is 37.6 Å². The monoisotopic (exact) mass is 251 g/mol. The Balaban J connectivity index is 2.08. The average Bonchev–Trinajstić information content (AvgIpc) is 2.29. The van der Waals surface area contributed by atoms with E-state index in [4.69, 9.17) is 0 Å². The molecule has 1 heterocycles. The summed E-state index contributed by atoms with van der Waals surface area (Å²) in [6, 6.07) is 9.36. The van der Waals surface area contributed by atoms with Crippen LogP contribution in [0.2, 0.25) is 0 Å². The first-order chi connectivity index (χ1) is 8.19. The average molecular weight is 251 g/mol. The van der Waals surface area contributed by atoms with E-state index in [1.807, 2.05) is 0 Å². The molecule has 17 heavy (non-hydrogen) atoms. The zero-order valence-corrected chi connectivity index (χ0v) is 11.4. The Morgan fingerprint density at radius 3 is 2.59 bits per heavy atom. The first-order valence-electron chi connectivity index (χ1n) is 6.39. The number of hydrogen-bond donors (Lipinski definition) is 1. The van der Waals surface area contributed by atoms with Crippen LogP contribution in [0.15, 0.2) is 24.3 Å². The van der Waals surface area contributed by atoms with Gasteiger partial charge in [0, 0.05) is 34.4 Å². The van der Waals surface area contributed by atoms with Gasteiger partial charge in [-0.25, -0.2) is 0 Å². The molecule has 1 aliphatic heterocycles. The van der Waals surface area contributed by atoms with Crippen molar-refractivity contribution in [2.75, 3.05) is 11.5 Å². The van der Waals surface area contributed by atoms with Crippen LogP contribution in [0.1, 0.15) is 37.4 Å². The fraction of sp³-hybridized carbons (Fsp3) is 0.571. The van der Waals surface area contributed by atoms with Gasteiger partial charge in [-0.15, -0.1) is 0 Å². The normalized spacial score (nSPS) is 29.2. The SMILES string of the molecule is CCCc1ccc(C2CS(=O)CC(C)N2)cc1.